The number of carbonyl (C=O) groups excluding carboxylic acids is 2. The molecular formula is C18H23ClN2O4S. The van der Waals surface area contributed by atoms with Crippen LogP contribution in [0.15, 0.2) is 24.3 Å². The third kappa shape index (κ3) is 3.01. The first-order chi connectivity index (χ1) is 12.2. The minimum absolute atomic E-state index is 0.00119. The highest BCUT2D eigenvalue weighted by molar-refractivity contribution is 7.93. The molecule has 2 heterocycles. The molecule has 2 aliphatic heterocycles. The third-order valence-corrected chi connectivity index (χ3v) is 8.53. The molecule has 2 aliphatic rings. The molecule has 2 amide bonds. The van der Waals surface area contributed by atoms with Crippen LogP contribution in [-0.4, -0.2) is 60.2 Å². The maximum atomic E-state index is 13.2. The van der Waals surface area contributed by atoms with Crippen molar-refractivity contribution >= 4 is 33.3 Å². The van der Waals surface area contributed by atoms with Crippen LogP contribution < -0.4 is 0 Å². The SMILES string of the molecule is CCN(Cc1ccccc1Cl)C(=O)C1CCS(=O)(=O)C12CN(C(C)=O)C2. The number of carbonyl (C=O) groups is 2. The number of nitrogens with zero attached hydrogens (tertiary/aromatic N) is 2. The van der Waals surface area contributed by atoms with Crippen molar-refractivity contribution in [2.45, 2.75) is 31.6 Å². The number of likely N-dealkylation sites (tertiary alicyclic amines) is 1. The number of hydrogen-bond donors (Lipinski definition) is 0. The second-order valence-corrected chi connectivity index (χ2v) is 9.90. The van der Waals surface area contributed by atoms with E-state index in [9.17, 15) is 18.0 Å². The summed E-state index contributed by atoms with van der Waals surface area (Å²) in [6, 6.07) is 7.32. The number of hydrogen-bond acceptors (Lipinski definition) is 4. The van der Waals surface area contributed by atoms with Gasteiger partial charge in [-0.3, -0.25) is 9.59 Å². The molecule has 0 N–H and O–H groups in total. The summed E-state index contributed by atoms with van der Waals surface area (Å²) in [4.78, 5) is 27.9. The lowest BCUT2D eigenvalue weighted by Crippen LogP contribution is -2.69. The number of benzene rings is 1. The summed E-state index contributed by atoms with van der Waals surface area (Å²) < 4.78 is 24.2. The summed E-state index contributed by atoms with van der Waals surface area (Å²) in [5.41, 5.74) is 0.832. The third-order valence-electron chi connectivity index (χ3n) is 5.60. The molecular weight excluding hydrogens is 376 g/mol. The number of amides is 2. The summed E-state index contributed by atoms with van der Waals surface area (Å²) in [5.74, 6) is -0.937. The van der Waals surface area contributed by atoms with Gasteiger partial charge >= 0.3 is 0 Å². The fraction of sp³-hybridized carbons (Fsp3) is 0.556. The first-order valence-electron chi connectivity index (χ1n) is 8.72. The van der Waals surface area contributed by atoms with E-state index in [0.29, 0.717) is 24.5 Å². The Morgan fingerprint density at radius 3 is 2.54 bits per heavy atom. The van der Waals surface area contributed by atoms with Gasteiger partial charge in [-0.05, 0) is 25.0 Å². The Labute approximate surface area is 159 Å². The predicted octanol–water partition coefficient (Wildman–Crippen LogP) is 1.72. The minimum atomic E-state index is -3.40. The smallest absolute Gasteiger partial charge is 0.227 e. The summed E-state index contributed by atoms with van der Waals surface area (Å²) in [7, 11) is -3.40. The maximum absolute atomic E-state index is 13.2. The summed E-state index contributed by atoms with van der Waals surface area (Å²) in [5, 5.41) is 0.582. The normalized spacial score (nSPS) is 22.9. The van der Waals surface area contributed by atoms with Crippen LogP contribution in [0, 0.1) is 5.92 Å². The van der Waals surface area contributed by atoms with Crippen LogP contribution in [0.25, 0.3) is 0 Å². The minimum Gasteiger partial charge on any atom is -0.340 e. The van der Waals surface area contributed by atoms with E-state index in [1.165, 1.54) is 11.8 Å². The Kier molecular flexibility index (Phi) is 5.05. The first kappa shape index (κ1) is 19.2. The average Bonchev–Trinajstić information content (AvgIpc) is 2.83. The molecule has 0 bridgehead atoms. The van der Waals surface area contributed by atoms with E-state index in [1.807, 2.05) is 25.1 Å². The Morgan fingerprint density at radius 2 is 1.96 bits per heavy atom. The second kappa shape index (κ2) is 6.85. The van der Waals surface area contributed by atoms with Crippen LogP contribution in [0.4, 0.5) is 0 Å². The molecule has 1 unspecified atom stereocenters. The van der Waals surface area contributed by atoms with E-state index in [4.69, 9.17) is 11.6 Å². The van der Waals surface area contributed by atoms with Gasteiger partial charge in [-0.1, -0.05) is 29.8 Å². The van der Waals surface area contributed by atoms with Gasteiger partial charge < -0.3 is 9.80 Å². The zero-order valence-electron chi connectivity index (χ0n) is 14.9. The van der Waals surface area contributed by atoms with Gasteiger partial charge in [-0.25, -0.2) is 8.42 Å². The average molecular weight is 399 g/mol. The zero-order chi connectivity index (χ0) is 19.1. The van der Waals surface area contributed by atoms with E-state index < -0.39 is 20.5 Å². The van der Waals surface area contributed by atoms with Crippen LogP contribution >= 0.6 is 11.6 Å². The van der Waals surface area contributed by atoms with Gasteiger partial charge in [0.1, 0.15) is 4.75 Å². The standard InChI is InChI=1S/C18H23ClN2O4S/c1-3-20(10-14-6-4-5-7-16(14)19)17(23)15-8-9-26(24,25)18(15)11-21(12-18)13(2)22/h4-7,15H,3,8-12H2,1-2H3. The lowest BCUT2D eigenvalue weighted by Gasteiger charge is -2.49. The quantitative estimate of drug-likeness (QED) is 0.774. The Hall–Kier alpha value is -1.60. The van der Waals surface area contributed by atoms with Gasteiger partial charge in [0.05, 0.1) is 11.7 Å². The van der Waals surface area contributed by atoms with Crippen LogP contribution in [-0.2, 0) is 26.0 Å². The van der Waals surface area contributed by atoms with Crippen molar-refractivity contribution in [3.05, 3.63) is 34.9 Å². The van der Waals surface area contributed by atoms with Gasteiger partial charge in [0.25, 0.3) is 0 Å². The highest BCUT2D eigenvalue weighted by Gasteiger charge is 2.64. The Morgan fingerprint density at radius 1 is 1.31 bits per heavy atom. The van der Waals surface area contributed by atoms with Crippen molar-refractivity contribution in [1.29, 1.82) is 0 Å². The Balaban J connectivity index is 1.83. The molecule has 1 aromatic carbocycles. The lowest BCUT2D eigenvalue weighted by atomic mass is 9.82. The molecule has 26 heavy (non-hydrogen) atoms. The summed E-state index contributed by atoms with van der Waals surface area (Å²) >= 11 is 6.21. The number of rotatable bonds is 4. The monoisotopic (exact) mass is 398 g/mol. The van der Waals surface area contributed by atoms with E-state index in [0.717, 1.165) is 5.56 Å². The number of sulfone groups is 1. The summed E-state index contributed by atoms with van der Waals surface area (Å²) in [6.07, 6.45) is 0.311. The van der Waals surface area contributed by atoms with Gasteiger partial charge in [-0.2, -0.15) is 0 Å². The van der Waals surface area contributed by atoms with E-state index in [-0.39, 0.29) is 30.7 Å². The first-order valence-corrected chi connectivity index (χ1v) is 10.7. The van der Waals surface area contributed by atoms with Crippen LogP contribution in [0.3, 0.4) is 0 Å². The van der Waals surface area contributed by atoms with Crippen molar-refractivity contribution in [2.75, 3.05) is 25.4 Å². The van der Waals surface area contributed by atoms with Gasteiger partial charge in [0.2, 0.25) is 11.8 Å². The maximum Gasteiger partial charge on any atom is 0.227 e. The van der Waals surface area contributed by atoms with Crippen molar-refractivity contribution in [3.63, 3.8) is 0 Å². The van der Waals surface area contributed by atoms with Gasteiger partial charge in [0.15, 0.2) is 9.84 Å². The van der Waals surface area contributed by atoms with Gasteiger partial charge in [0, 0.05) is 38.1 Å². The van der Waals surface area contributed by atoms with Crippen LogP contribution in [0.5, 0.6) is 0 Å². The molecule has 0 aromatic heterocycles. The molecule has 1 spiro atoms. The van der Waals surface area contributed by atoms with Crippen LogP contribution in [0.2, 0.25) is 5.02 Å². The largest absolute Gasteiger partial charge is 0.340 e. The molecule has 6 nitrogen and oxygen atoms in total. The van der Waals surface area contributed by atoms with Crippen molar-refractivity contribution in [2.24, 2.45) is 5.92 Å². The highest BCUT2D eigenvalue weighted by atomic mass is 35.5. The fourth-order valence-corrected chi connectivity index (χ4v) is 6.45. The summed E-state index contributed by atoms with van der Waals surface area (Å²) in [6.45, 7) is 4.33. The molecule has 3 rings (SSSR count). The fourth-order valence-electron chi connectivity index (χ4n) is 3.94. The van der Waals surface area contributed by atoms with E-state index in [2.05, 4.69) is 0 Å². The van der Waals surface area contributed by atoms with Crippen molar-refractivity contribution in [3.8, 4) is 0 Å². The Bertz CT molecular complexity index is 833. The molecule has 0 saturated carbocycles. The van der Waals surface area contributed by atoms with Crippen molar-refractivity contribution in [1.82, 2.24) is 9.80 Å². The molecule has 2 fully saturated rings. The predicted molar refractivity (Wildman–Crippen MR) is 99.4 cm³/mol. The highest BCUT2D eigenvalue weighted by Crippen LogP contribution is 2.45. The molecule has 1 aromatic rings. The molecule has 8 heteroatoms. The molecule has 0 aliphatic carbocycles. The zero-order valence-corrected chi connectivity index (χ0v) is 16.5. The van der Waals surface area contributed by atoms with Crippen LogP contribution in [0.1, 0.15) is 25.8 Å². The van der Waals surface area contributed by atoms with E-state index in [1.54, 1.807) is 11.0 Å². The molecule has 2 saturated heterocycles. The van der Waals surface area contributed by atoms with Gasteiger partial charge in [-0.15, -0.1) is 0 Å². The number of halogens is 1. The molecule has 0 radical (unpaired) electrons. The van der Waals surface area contributed by atoms with Crippen molar-refractivity contribution < 1.29 is 18.0 Å². The lowest BCUT2D eigenvalue weighted by molar-refractivity contribution is -0.144. The topological polar surface area (TPSA) is 74.8 Å². The second-order valence-electron chi connectivity index (χ2n) is 7.04. The van der Waals surface area contributed by atoms with E-state index >= 15 is 0 Å². The molecule has 1 atom stereocenters. The molecule has 142 valence electrons.